The van der Waals surface area contributed by atoms with Gasteiger partial charge in [0.25, 0.3) is 5.91 Å². The second kappa shape index (κ2) is 10.2. The van der Waals surface area contributed by atoms with Crippen LogP contribution in [0.25, 0.3) is 11.4 Å². The van der Waals surface area contributed by atoms with Gasteiger partial charge in [0.05, 0.1) is 31.4 Å². The predicted molar refractivity (Wildman–Crippen MR) is 115 cm³/mol. The van der Waals surface area contributed by atoms with Crippen LogP contribution < -0.4 is 14.2 Å². The molecule has 31 heavy (non-hydrogen) atoms. The number of amides is 1. The highest BCUT2D eigenvalue weighted by atomic mass is 35.5. The molecule has 1 aromatic heterocycles. The van der Waals surface area contributed by atoms with Crippen molar-refractivity contribution in [3.05, 3.63) is 53.4 Å². The molecule has 0 saturated heterocycles. The number of likely N-dealkylation sites (N-methyl/N-ethyl adjacent to an activating group) is 1. The molecule has 0 aliphatic heterocycles. The number of carbonyl (C=O) groups is 1. The van der Waals surface area contributed by atoms with Crippen molar-refractivity contribution in [3.8, 4) is 28.6 Å². The van der Waals surface area contributed by atoms with Crippen molar-refractivity contribution in [2.75, 3.05) is 21.3 Å². The maximum absolute atomic E-state index is 12.9. The molecule has 0 fully saturated rings. The summed E-state index contributed by atoms with van der Waals surface area (Å²) in [4.78, 5) is 18.8. The molecule has 1 atom stereocenters. The minimum Gasteiger partial charge on any atom is -0.497 e. The number of ether oxygens (including phenoxy) is 3. The zero-order valence-electron chi connectivity index (χ0n) is 17.8. The van der Waals surface area contributed by atoms with Crippen molar-refractivity contribution in [3.63, 3.8) is 0 Å². The van der Waals surface area contributed by atoms with Crippen LogP contribution in [0.4, 0.5) is 0 Å². The second-order valence-corrected chi connectivity index (χ2v) is 7.12. The maximum Gasteiger partial charge on any atom is 0.263 e. The van der Waals surface area contributed by atoms with E-state index < -0.39 is 6.10 Å². The van der Waals surface area contributed by atoms with E-state index in [9.17, 15) is 4.79 Å². The van der Waals surface area contributed by atoms with Crippen LogP contribution in [0.1, 0.15) is 19.2 Å². The molecule has 0 N–H and O–H groups in total. The van der Waals surface area contributed by atoms with E-state index in [0.717, 1.165) is 0 Å². The van der Waals surface area contributed by atoms with Gasteiger partial charge < -0.3 is 23.6 Å². The monoisotopic (exact) mass is 445 g/mol. The Morgan fingerprint density at radius 1 is 1.16 bits per heavy atom. The standard InChI is InChI=1S/C22H24ClN3O5/c1-5-17(30-18-9-7-6-8-16(18)23)22(27)26(2)13-20-24-21(25-31-20)15-11-10-14(28-3)12-19(15)29-4/h6-12,17H,5,13H2,1-4H3/t17-/m0/s1. The quantitative estimate of drug-likeness (QED) is 0.487. The Balaban J connectivity index is 1.71. The highest BCUT2D eigenvalue weighted by Gasteiger charge is 2.25. The smallest absolute Gasteiger partial charge is 0.263 e. The molecule has 164 valence electrons. The third-order valence-electron chi connectivity index (χ3n) is 4.62. The third kappa shape index (κ3) is 5.27. The fourth-order valence-electron chi connectivity index (χ4n) is 2.94. The predicted octanol–water partition coefficient (Wildman–Crippen LogP) is 4.22. The van der Waals surface area contributed by atoms with Gasteiger partial charge in [-0.1, -0.05) is 35.8 Å². The van der Waals surface area contributed by atoms with Crippen LogP contribution >= 0.6 is 11.6 Å². The van der Waals surface area contributed by atoms with Gasteiger partial charge in [0, 0.05) is 13.1 Å². The molecule has 9 heteroatoms. The Bertz CT molecular complexity index is 1040. The van der Waals surface area contributed by atoms with Gasteiger partial charge in [-0.05, 0) is 30.7 Å². The van der Waals surface area contributed by atoms with Gasteiger partial charge >= 0.3 is 0 Å². The molecule has 0 aliphatic carbocycles. The van der Waals surface area contributed by atoms with Gasteiger partial charge in [0.1, 0.15) is 17.2 Å². The van der Waals surface area contributed by atoms with E-state index in [-0.39, 0.29) is 18.3 Å². The molecular weight excluding hydrogens is 422 g/mol. The summed E-state index contributed by atoms with van der Waals surface area (Å²) >= 11 is 6.14. The Morgan fingerprint density at radius 2 is 1.94 bits per heavy atom. The highest BCUT2D eigenvalue weighted by molar-refractivity contribution is 6.32. The molecule has 0 bridgehead atoms. The molecule has 2 aromatic carbocycles. The van der Waals surface area contributed by atoms with Crippen molar-refractivity contribution in [2.45, 2.75) is 26.0 Å². The second-order valence-electron chi connectivity index (χ2n) is 6.72. The van der Waals surface area contributed by atoms with Crippen molar-refractivity contribution in [1.82, 2.24) is 15.0 Å². The Morgan fingerprint density at radius 3 is 2.61 bits per heavy atom. The SMILES string of the molecule is CC[C@H](Oc1ccccc1Cl)C(=O)N(C)Cc1nc(-c2ccc(OC)cc2OC)no1. The molecule has 0 radical (unpaired) electrons. The normalized spacial score (nSPS) is 11.6. The van der Waals surface area contributed by atoms with Crippen molar-refractivity contribution in [2.24, 2.45) is 0 Å². The zero-order chi connectivity index (χ0) is 22.4. The summed E-state index contributed by atoms with van der Waals surface area (Å²) in [5.74, 6) is 2.09. The number of hydrogen-bond donors (Lipinski definition) is 0. The summed E-state index contributed by atoms with van der Waals surface area (Å²) in [6, 6.07) is 12.3. The average molecular weight is 446 g/mol. The van der Waals surface area contributed by atoms with Crippen LogP contribution in [0.3, 0.4) is 0 Å². The number of nitrogens with zero attached hydrogens (tertiary/aromatic N) is 3. The lowest BCUT2D eigenvalue weighted by Gasteiger charge is -2.23. The van der Waals surface area contributed by atoms with Gasteiger partial charge in [-0.15, -0.1) is 0 Å². The Hall–Kier alpha value is -3.26. The number of benzene rings is 2. The molecule has 0 aliphatic rings. The number of aromatic nitrogens is 2. The van der Waals surface area contributed by atoms with Crippen LogP contribution in [-0.4, -0.2) is 48.3 Å². The summed E-state index contributed by atoms with van der Waals surface area (Å²) in [6.45, 7) is 2.00. The minimum atomic E-state index is -0.686. The summed E-state index contributed by atoms with van der Waals surface area (Å²) in [5.41, 5.74) is 0.653. The minimum absolute atomic E-state index is 0.132. The maximum atomic E-state index is 12.9. The van der Waals surface area contributed by atoms with Crippen LogP contribution in [0.5, 0.6) is 17.2 Å². The van der Waals surface area contributed by atoms with Crippen molar-refractivity contribution in [1.29, 1.82) is 0 Å². The van der Waals surface area contributed by atoms with E-state index in [1.54, 1.807) is 63.7 Å². The van der Waals surface area contributed by atoms with E-state index in [1.807, 2.05) is 6.92 Å². The molecule has 3 rings (SSSR count). The number of halogens is 1. The number of methoxy groups -OCH3 is 2. The van der Waals surface area contributed by atoms with Crippen LogP contribution in [0.2, 0.25) is 5.02 Å². The van der Waals surface area contributed by atoms with Crippen LogP contribution in [0, 0.1) is 0 Å². The van der Waals surface area contributed by atoms with Gasteiger partial charge in [-0.2, -0.15) is 4.98 Å². The van der Waals surface area contributed by atoms with Crippen molar-refractivity contribution < 1.29 is 23.5 Å². The lowest BCUT2D eigenvalue weighted by Crippen LogP contribution is -2.39. The van der Waals surface area contributed by atoms with Gasteiger partial charge in [0.15, 0.2) is 6.10 Å². The summed E-state index contributed by atoms with van der Waals surface area (Å²) in [7, 11) is 4.78. The first-order chi connectivity index (χ1) is 15.0. The first-order valence-corrected chi connectivity index (χ1v) is 10.1. The van der Waals surface area contributed by atoms with Crippen LogP contribution in [0.15, 0.2) is 47.0 Å². The number of para-hydroxylation sites is 1. The van der Waals surface area contributed by atoms with Crippen molar-refractivity contribution >= 4 is 17.5 Å². The molecule has 1 amide bonds. The van der Waals surface area contributed by atoms with E-state index in [2.05, 4.69) is 10.1 Å². The average Bonchev–Trinajstić information content (AvgIpc) is 3.25. The Kier molecular flexibility index (Phi) is 7.36. The van der Waals surface area contributed by atoms with E-state index in [4.69, 9.17) is 30.3 Å². The van der Waals surface area contributed by atoms with E-state index in [1.165, 1.54) is 4.90 Å². The van der Waals surface area contributed by atoms with Crippen LogP contribution in [-0.2, 0) is 11.3 Å². The number of hydrogen-bond acceptors (Lipinski definition) is 7. The largest absolute Gasteiger partial charge is 0.497 e. The fraction of sp³-hybridized carbons (Fsp3) is 0.318. The summed E-state index contributed by atoms with van der Waals surface area (Å²) in [5, 5.41) is 4.46. The first-order valence-electron chi connectivity index (χ1n) is 9.68. The van der Waals surface area contributed by atoms with Gasteiger partial charge in [0.2, 0.25) is 11.7 Å². The molecular formula is C22H24ClN3O5. The fourth-order valence-corrected chi connectivity index (χ4v) is 3.12. The molecule has 3 aromatic rings. The zero-order valence-corrected chi connectivity index (χ0v) is 18.5. The first kappa shape index (κ1) is 22.4. The molecule has 0 spiro atoms. The van der Waals surface area contributed by atoms with Gasteiger partial charge in [-0.25, -0.2) is 0 Å². The van der Waals surface area contributed by atoms with Gasteiger partial charge in [-0.3, -0.25) is 4.79 Å². The molecule has 0 saturated carbocycles. The number of carbonyl (C=O) groups excluding carboxylic acids is 1. The summed E-state index contributed by atoms with van der Waals surface area (Å²) < 4.78 is 21.8. The van der Waals surface area contributed by atoms with E-state index in [0.29, 0.717) is 40.1 Å². The topological polar surface area (TPSA) is 86.9 Å². The molecule has 1 heterocycles. The number of rotatable bonds is 9. The summed E-state index contributed by atoms with van der Waals surface area (Å²) in [6.07, 6.45) is -0.207. The lowest BCUT2D eigenvalue weighted by atomic mass is 10.2. The molecule has 8 nitrogen and oxygen atoms in total. The van der Waals surface area contributed by atoms with E-state index >= 15 is 0 Å². The lowest BCUT2D eigenvalue weighted by molar-refractivity contribution is -0.138. The Labute approximate surface area is 185 Å². The third-order valence-corrected chi connectivity index (χ3v) is 4.93. The molecule has 0 unspecified atom stereocenters. The highest BCUT2D eigenvalue weighted by Crippen LogP contribution is 2.31.